The second-order valence-corrected chi connectivity index (χ2v) is 5.72. The maximum absolute atomic E-state index is 13.4. The largest absolute Gasteiger partial charge is 0.478 e. The van der Waals surface area contributed by atoms with Crippen LogP contribution >= 0.6 is 22.9 Å². The van der Waals surface area contributed by atoms with Crippen molar-refractivity contribution in [1.29, 1.82) is 0 Å². The number of rotatable bonds is 2. The van der Waals surface area contributed by atoms with Gasteiger partial charge < -0.3 is 5.11 Å². The first-order valence-corrected chi connectivity index (χ1v) is 6.94. The zero-order chi connectivity index (χ0) is 15.1. The number of carboxylic acid groups (broad SMARTS) is 1. The van der Waals surface area contributed by atoms with Crippen LogP contribution in [0.3, 0.4) is 0 Å². The highest BCUT2D eigenvalue weighted by Crippen LogP contribution is 2.34. The number of hydrogen-bond acceptors (Lipinski definition) is 3. The van der Waals surface area contributed by atoms with Crippen LogP contribution in [0.25, 0.3) is 20.8 Å². The second-order valence-electron chi connectivity index (χ2n) is 4.25. The highest BCUT2D eigenvalue weighted by atomic mass is 35.5. The van der Waals surface area contributed by atoms with Crippen molar-refractivity contribution in [3.05, 3.63) is 52.6 Å². The summed E-state index contributed by atoms with van der Waals surface area (Å²) in [5.41, 5.74) is 0.279. The molecule has 3 nitrogen and oxygen atoms in total. The van der Waals surface area contributed by atoms with Crippen LogP contribution in [0.15, 0.2) is 30.3 Å². The van der Waals surface area contributed by atoms with Crippen LogP contribution in [0.5, 0.6) is 0 Å². The Morgan fingerprint density at radius 3 is 2.62 bits per heavy atom. The summed E-state index contributed by atoms with van der Waals surface area (Å²) < 4.78 is 27.4. The van der Waals surface area contributed by atoms with Gasteiger partial charge in [-0.1, -0.05) is 11.6 Å². The first-order valence-electron chi connectivity index (χ1n) is 5.74. The summed E-state index contributed by atoms with van der Waals surface area (Å²) in [5, 5.41) is 9.91. The molecule has 106 valence electrons. The molecule has 2 aromatic carbocycles. The van der Waals surface area contributed by atoms with Crippen LogP contribution in [-0.4, -0.2) is 16.1 Å². The van der Waals surface area contributed by atoms with E-state index in [1.54, 1.807) is 18.2 Å². The first-order chi connectivity index (χ1) is 9.95. The van der Waals surface area contributed by atoms with Gasteiger partial charge in [0.25, 0.3) is 0 Å². The van der Waals surface area contributed by atoms with Gasteiger partial charge in [0.1, 0.15) is 5.01 Å². The van der Waals surface area contributed by atoms with Crippen molar-refractivity contribution in [2.45, 2.75) is 0 Å². The van der Waals surface area contributed by atoms with Crippen molar-refractivity contribution in [1.82, 2.24) is 4.98 Å². The van der Waals surface area contributed by atoms with Crippen molar-refractivity contribution in [3.63, 3.8) is 0 Å². The van der Waals surface area contributed by atoms with Gasteiger partial charge >= 0.3 is 5.97 Å². The Morgan fingerprint density at radius 2 is 1.90 bits per heavy atom. The Balaban J connectivity index is 2.26. The van der Waals surface area contributed by atoms with Crippen LogP contribution in [0.4, 0.5) is 8.78 Å². The smallest absolute Gasteiger partial charge is 0.336 e. The number of thiazole rings is 1. The lowest BCUT2D eigenvalue weighted by Gasteiger charge is -2.03. The van der Waals surface area contributed by atoms with Gasteiger partial charge in [-0.15, -0.1) is 11.3 Å². The van der Waals surface area contributed by atoms with E-state index in [0.29, 0.717) is 21.6 Å². The zero-order valence-electron chi connectivity index (χ0n) is 10.2. The molecule has 0 spiro atoms. The predicted molar refractivity (Wildman–Crippen MR) is 76.9 cm³/mol. The average Bonchev–Trinajstić information content (AvgIpc) is 2.83. The minimum absolute atomic E-state index is 0.0405. The minimum atomic E-state index is -1.35. The van der Waals surface area contributed by atoms with Gasteiger partial charge in [-0.3, -0.25) is 0 Å². The Morgan fingerprint density at radius 1 is 1.19 bits per heavy atom. The van der Waals surface area contributed by atoms with Gasteiger partial charge in [0.05, 0.1) is 15.8 Å². The van der Waals surface area contributed by atoms with Crippen LogP contribution < -0.4 is 0 Å². The summed E-state index contributed by atoms with van der Waals surface area (Å²) in [6.45, 7) is 0. The van der Waals surface area contributed by atoms with Gasteiger partial charge in [-0.05, 0) is 30.3 Å². The van der Waals surface area contributed by atoms with Crippen molar-refractivity contribution >= 4 is 39.1 Å². The molecule has 0 amide bonds. The molecule has 0 aliphatic rings. The van der Waals surface area contributed by atoms with Gasteiger partial charge in [-0.2, -0.15) is 0 Å². The van der Waals surface area contributed by atoms with Gasteiger partial charge in [0, 0.05) is 10.6 Å². The number of carboxylic acids is 1. The zero-order valence-corrected chi connectivity index (χ0v) is 11.8. The van der Waals surface area contributed by atoms with Crippen LogP contribution in [0.2, 0.25) is 5.02 Å². The van der Waals surface area contributed by atoms with E-state index in [-0.39, 0.29) is 11.1 Å². The Bertz CT molecular complexity index is 879. The van der Waals surface area contributed by atoms with E-state index >= 15 is 0 Å². The van der Waals surface area contributed by atoms with Crippen LogP contribution in [0.1, 0.15) is 10.4 Å². The summed E-state index contributed by atoms with van der Waals surface area (Å²) >= 11 is 7.05. The SMILES string of the molecule is O=C(O)c1cc(F)c(F)cc1-c1nc2cc(Cl)ccc2s1. The lowest BCUT2D eigenvalue weighted by molar-refractivity contribution is 0.0697. The van der Waals surface area contributed by atoms with E-state index in [1.165, 1.54) is 11.3 Å². The second kappa shape index (κ2) is 5.05. The summed E-state index contributed by atoms with van der Waals surface area (Å²) in [5.74, 6) is -3.67. The van der Waals surface area contributed by atoms with Crippen LogP contribution in [-0.2, 0) is 0 Å². The Kier molecular flexibility index (Phi) is 3.35. The molecule has 1 heterocycles. The molecule has 0 unspecified atom stereocenters. The average molecular weight is 326 g/mol. The standard InChI is InChI=1S/C14H6ClF2NO2S/c15-6-1-2-12-11(3-6)18-13(21-12)7-4-9(16)10(17)5-8(7)14(19)20/h1-5H,(H,19,20). The summed E-state index contributed by atoms with van der Waals surface area (Å²) in [7, 11) is 0. The summed E-state index contributed by atoms with van der Waals surface area (Å²) in [4.78, 5) is 15.4. The normalized spacial score (nSPS) is 11.0. The molecule has 0 atom stereocenters. The maximum atomic E-state index is 13.4. The number of fused-ring (bicyclic) bond motifs is 1. The molecule has 0 saturated heterocycles. The summed E-state index contributed by atoms with van der Waals surface area (Å²) in [6, 6.07) is 6.54. The number of nitrogens with zero attached hydrogens (tertiary/aromatic N) is 1. The van der Waals surface area contributed by atoms with E-state index in [0.717, 1.165) is 10.8 Å². The minimum Gasteiger partial charge on any atom is -0.478 e. The van der Waals surface area contributed by atoms with E-state index in [1.807, 2.05) is 0 Å². The van der Waals surface area contributed by atoms with E-state index in [4.69, 9.17) is 16.7 Å². The molecule has 3 rings (SSSR count). The molecule has 21 heavy (non-hydrogen) atoms. The van der Waals surface area contributed by atoms with E-state index < -0.39 is 17.6 Å². The topological polar surface area (TPSA) is 50.2 Å². The number of aromatic nitrogens is 1. The molecular weight excluding hydrogens is 320 g/mol. The number of aromatic carboxylic acids is 1. The highest BCUT2D eigenvalue weighted by molar-refractivity contribution is 7.21. The molecule has 0 fully saturated rings. The molecule has 7 heteroatoms. The third-order valence-corrected chi connectivity index (χ3v) is 4.18. The van der Waals surface area contributed by atoms with Gasteiger partial charge in [-0.25, -0.2) is 18.6 Å². The van der Waals surface area contributed by atoms with Gasteiger partial charge in [0.15, 0.2) is 11.6 Å². The first kappa shape index (κ1) is 13.9. The molecule has 1 N–H and O–H groups in total. The molecule has 0 aliphatic carbocycles. The quantitative estimate of drug-likeness (QED) is 0.749. The molecule has 0 saturated carbocycles. The van der Waals surface area contributed by atoms with Crippen molar-refractivity contribution in [3.8, 4) is 10.6 Å². The van der Waals surface area contributed by atoms with Crippen molar-refractivity contribution in [2.24, 2.45) is 0 Å². The number of hydrogen-bond donors (Lipinski definition) is 1. The Labute approximate surface area is 126 Å². The highest BCUT2D eigenvalue weighted by Gasteiger charge is 2.19. The van der Waals surface area contributed by atoms with E-state index in [2.05, 4.69) is 4.98 Å². The molecule has 0 bridgehead atoms. The fraction of sp³-hybridized carbons (Fsp3) is 0. The predicted octanol–water partition coefficient (Wildman–Crippen LogP) is 4.59. The number of benzene rings is 2. The summed E-state index contributed by atoms with van der Waals surface area (Å²) in [6.07, 6.45) is 0. The van der Waals surface area contributed by atoms with Crippen molar-refractivity contribution in [2.75, 3.05) is 0 Å². The monoisotopic (exact) mass is 325 g/mol. The third-order valence-electron chi connectivity index (χ3n) is 2.87. The Hall–Kier alpha value is -2.05. The molecule has 1 aromatic heterocycles. The van der Waals surface area contributed by atoms with E-state index in [9.17, 15) is 13.6 Å². The van der Waals surface area contributed by atoms with Crippen LogP contribution in [0, 0.1) is 11.6 Å². The van der Waals surface area contributed by atoms with Crippen molar-refractivity contribution < 1.29 is 18.7 Å². The molecular formula is C14H6ClF2NO2S. The lowest BCUT2D eigenvalue weighted by Crippen LogP contribution is -2.02. The fourth-order valence-electron chi connectivity index (χ4n) is 1.92. The van der Waals surface area contributed by atoms with Gasteiger partial charge in [0.2, 0.25) is 0 Å². The molecule has 0 aliphatic heterocycles. The number of carbonyl (C=O) groups is 1. The lowest BCUT2D eigenvalue weighted by atomic mass is 10.1. The molecule has 3 aromatic rings. The fourth-order valence-corrected chi connectivity index (χ4v) is 3.06. The number of halogens is 3. The maximum Gasteiger partial charge on any atom is 0.336 e. The third kappa shape index (κ3) is 2.48. The molecule has 0 radical (unpaired) electrons.